The predicted molar refractivity (Wildman–Crippen MR) is 73.0 cm³/mol. The maximum Gasteiger partial charge on any atom is 0.189 e. The first-order valence-corrected chi connectivity index (χ1v) is 6.97. The number of ether oxygens (including phenoxy) is 2. The molecular weight excluding hydrogens is 256 g/mol. The molecule has 3 nitrogen and oxygen atoms in total. The Morgan fingerprint density at radius 3 is 2.35 bits per heavy atom. The van der Waals surface area contributed by atoms with Gasteiger partial charge in [0.15, 0.2) is 16.9 Å². The number of rotatable bonds is 3. The van der Waals surface area contributed by atoms with Crippen molar-refractivity contribution in [3.8, 4) is 11.5 Å². The van der Waals surface area contributed by atoms with Crippen molar-refractivity contribution < 1.29 is 9.47 Å². The van der Waals surface area contributed by atoms with Gasteiger partial charge in [-0.3, -0.25) is 4.79 Å². The SMILES string of the molecule is COc1cc2sc(SC)cc(=O)c2cc1OC. The minimum Gasteiger partial charge on any atom is -0.493 e. The Labute approximate surface area is 107 Å². The first-order valence-electron chi connectivity index (χ1n) is 4.93. The topological polar surface area (TPSA) is 35.5 Å². The number of thioether (sulfide) groups is 1. The summed E-state index contributed by atoms with van der Waals surface area (Å²) < 4.78 is 12.3. The van der Waals surface area contributed by atoms with Gasteiger partial charge in [0.2, 0.25) is 0 Å². The second-order valence-electron chi connectivity index (χ2n) is 3.34. The molecule has 2 aromatic rings. The lowest BCUT2D eigenvalue weighted by molar-refractivity contribution is 0.356. The van der Waals surface area contributed by atoms with Gasteiger partial charge in [0, 0.05) is 22.2 Å². The molecule has 2 rings (SSSR count). The summed E-state index contributed by atoms with van der Waals surface area (Å²) in [4.78, 5) is 11.9. The summed E-state index contributed by atoms with van der Waals surface area (Å²) in [6.45, 7) is 0. The highest BCUT2D eigenvalue weighted by molar-refractivity contribution is 8.00. The van der Waals surface area contributed by atoms with Crippen LogP contribution in [0.15, 0.2) is 27.2 Å². The van der Waals surface area contributed by atoms with E-state index in [2.05, 4.69) is 0 Å². The molecule has 1 aromatic carbocycles. The molecule has 0 unspecified atom stereocenters. The summed E-state index contributed by atoms with van der Waals surface area (Å²) in [6, 6.07) is 5.24. The van der Waals surface area contributed by atoms with Crippen molar-refractivity contribution in [3.63, 3.8) is 0 Å². The van der Waals surface area contributed by atoms with Gasteiger partial charge >= 0.3 is 0 Å². The van der Waals surface area contributed by atoms with E-state index < -0.39 is 0 Å². The first-order chi connectivity index (χ1) is 8.19. The largest absolute Gasteiger partial charge is 0.493 e. The Bertz CT molecular complexity index is 604. The molecule has 0 saturated heterocycles. The van der Waals surface area contributed by atoms with Crippen LogP contribution in [-0.2, 0) is 0 Å². The quantitative estimate of drug-likeness (QED) is 0.802. The molecule has 5 heteroatoms. The molecule has 0 amide bonds. The first kappa shape index (κ1) is 12.3. The minimum atomic E-state index is 0.0176. The summed E-state index contributed by atoms with van der Waals surface area (Å²) in [5.74, 6) is 1.23. The van der Waals surface area contributed by atoms with Crippen LogP contribution in [0.3, 0.4) is 0 Å². The van der Waals surface area contributed by atoms with E-state index in [1.807, 2.05) is 12.3 Å². The molecule has 0 aliphatic heterocycles. The van der Waals surface area contributed by atoms with Gasteiger partial charge in [0.05, 0.1) is 18.4 Å². The second kappa shape index (κ2) is 4.98. The number of methoxy groups -OCH3 is 2. The Kier molecular flexibility index (Phi) is 3.59. The van der Waals surface area contributed by atoms with Gasteiger partial charge in [-0.1, -0.05) is 0 Å². The average Bonchev–Trinajstić information content (AvgIpc) is 2.36. The van der Waals surface area contributed by atoms with E-state index in [-0.39, 0.29) is 5.43 Å². The summed E-state index contributed by atoms with van der Waals surface area (Å²) in [6.07, 6.45) is 1.96. The van der Waals surface area contributed by atoms with Crippen molar-refractivity contribution in [1.82, 2.24) is 0 Å². The highest BCUT2D eigenvalue weighted by Gasteiger charge is 2.09. The lowest BCUT2D eigenvalue weighted by Gasteiger charge is -2.08. The van der Waals surface area contributed by atoms with Crippen LogP contribution in [0.4, 0.5) is 0 Å². The highest BCUT2D eigenvalue weighted by atomic mass is 32.2. The Hall–Kier alpha value is -1.20. The van der Waals surface area contributed by atoms with E-state index in [1.165, 1.54) is 0 Å². The van der Waals surface area contributed by atoms with Crippen LogP contribution in [0, 0.1) is 0 Å². The Morgan fingerprint density at radius 2 is 1.76 bits per heavy atom. The fourth-order valence-corrected chi connectivity index (χ4v) is 3.21. The number of hydrogen-bond donors (Lipinski definition) is 0. The third-order valence-corrected chi connectivity index (χ3v) is 4.56. The van der Waals surface area contributed by atoms with E-state index in [0.717, 1.165) is 8.91 Å². The lowest BCUT2D eigenvalue weighted by Crippen LogP contribution is -2.00. The molecule has 1 heterocycles. The van der Waals surface area contributed by atoms with Crippen LogP contribution in [-0.4, -0.2) is 20.5 Å². The zero-order valence-electron chi connectivity index (χ0n) is 9.77. The Balaban J connectivity index is 2.78. The molecule has 0 fully saturated rings. The van der Waals surface area contributed by atoms with Crippen molar-refractivity contribution in [3.05, 3.63) is 28.4 Å². The zero-order valence-corrected chi connectivity index (χ0v) is 11.4. The monoisotopic (exact) mass is 268 g/mol. The summed E-state index contributed by atoms with van der Waals surface area (Å²) in [5, 5.41) is 0.672. The molecule has 0 atom stereocenters. The van der Waals surface area contributed by atoms with Crippen LogP contribution >= 0.6 is 23.1 Å². The zero-order chi connectivity index (χ0) is 12.4. The molecule has 0 aliphatic rings. The summed E-state index contributed by atoms with van der Waals surface area (Å²) in [7, 11) is 3.15. The van der Waals surface area contributed by atoms with Crippen LogP contribution in [0.25, 0.3) is 10.1 Å². The standard InChI is InChI=1S/C12H12O3S2/c1-14-9-4-7-8(13)5-12(16-3)17-11(7)6-10(9)15-2/h4-6H,1-3H3. The maximum atomic E-state index is 11.9. The van der Waals surface area contributed by atoms with Gasteiger partial charge in [-0.2, -0.15) is 0 Å². The lowest BCUT2D eigenvalue weighted by atomic mass is 10.2. The minimum absolute atomic E-state index is 0.0176. The molecule has 0 aliphatic carbocycles. The fourth-order valence-electron chi connectivity index (χ4n) is 1.56. The molecule has 0 bridgehead atoms. The molecule has 90 valence electrons. The van der Waals surface area contributed by atoms with Gasteiger partial charge in [-0.05, 0) is 12.3 Å². The van der Waals surface area contributed by atoms with Gasteiger partial charge in [0.1, 0.15) is 0 Å². The van der Waals surface area contributed by atoms with E-state index in [9.17, 15) is 4.79 Å². The van der Waals surface area contributed by atoms with E-state index in [0.29, 0.717) is 16.9 Å². The third-order valence-electron chi connectivity index (χ3n) is 2.41. The second-order valence-corrected chi connectivity index (χ2v) is 5.53. The number of fused-ring (bicyclic) bond motifs is 1. The predicted octanol–water partition coefficient (Wildman–Crippen LogP) is 3.00. The van der Waals surface area contributed by atoms with Gasteiger partial charge < -0.3 is 9.47 Å². The molecule has 1 aromatic heterocycles. The van der Waals surface area contributed by atoms with Gasteiger partial charge in [0.25, 0.3) is 0 Å². The fraction of sp³-hybridized carbons (Fsp3) is 0.250. The molecule has 0 N–H and O–H groups in total. The van der Waals surface area contributed by atoms with Crippen LogP contribution < -0.4 is 14.9 Å². The smallest absolute Gasteiger partial charge is 0.189 e. The van der Waals surface area contributed by atoms with Crippen LogP contribution in [0.5, 0.6) is 11.5 Å². The molecule has 0 saturated carbocycles. The maximum absolute atomic E-state index is 11.9. The number of hydrogen-bond acceptors (Lipinski definition) is 5. The van der Waals surface area contributed by atoms with Gasteiger partial charge in [-0.25, -0.2) is 0 Å². The van der Waals surface area contributed by atoms with Crippen molar-refractivity contribution >= 4 is 33.2 Å². The number of benzene rings is 1. The van der Waals surface area contributed by atoms with Crippen molar-refractivity contribution in [2.45, 2.75) is 4.21 Å². The molecule has 0 radical (unpaired) electrons. The summed E-state index contributed by atoms with van der Waals surface area (Å²) >= 11 is 3.14. The van der Waals surface area contributed by atoms with Crippen LogP contribution in [0.1, 0.15) is 0 Å². The highest BCUT2D eigenvalue weighted by Crippen LogP contribution is 2.34. The molecule has 0 spiro atoms. The summed E-state index contributed by atoms with van der Waals surface area (Å²) in [5.41, 5.74) is 0.0176. The van der Waals surface area contributed by atoms with E-state index in [1.54, 1.807) is 49.5 Å². The van der Waals surface area contributed by atoms with E-state index in [4.69, 9.17) is 9.47 Å². The van der Waals surface area contributed by atoms with Gasteiger partial charge in [-0.15, -0.1) is 23.1 Å². The molecular formula is C12H12O3S2. The van der Waals surface area contributed by atoms with Crippen LogP contribution in [0.2, 0.25) is 0 Å². The third kappa shape index (κ3) is 2.25. The molecule has 17 heavy (non-hydrogen) atoms. The van der Waals surface area contributed by atoms with Crippen molar-refractivity contribution in [1.29, 1.82) is 0 Å². The normalized spacial score (nSPS) is 10.5. The van der Waals surface area contributed by atoms with E-state index >= 15 is 0 Å². The van der Waals surface area contributed by atoms with Crippen molar-refractivity contribution in [2.24, 2.45) is 0 Å². The average molecular weight is 268 g/mol. The van der Waals surface area contributed by atoms with Crippen molar-refractivity contribution in [2.75, 3.05) is 20.5 Å². The Morgan fingerprint density at radius 1 is 1.12 bits per heavy atom.